The number of carbonyl (C=O) groups excluding carboxylic acids is 1. The number of aromatic nitrogens is 2. The molecule has 0 amide bonds. The van der Waals surface area contributed by atoms with Gasteiger partial charge in [0.1, 0.15) is 18.3 Å². The molecule has 2 rings (SSSR count). The number of carbonyl (C=O) groups is 1. The van der Waals surface area contributed by atoms with Crippen molar-refractivity contribution < 1.29 is 50.5 Å². The third-order valence-corrected chi connectivity index (χ3v) is 5.15. The molecular formula is C20H18F6IN2O5-. The molecule has 188 valence electrons. The van der Waals surface area contributed by atoms with Crippen LogP contribution in [0.2, 0.25) is 0 Å². The highest BCUT2D eigenvalue weighted by atomic mass is 127. The van der Waals surface area contributed by atoms with Gasteiger partial charge in [0, 0.05) is 19.4 Å². The van der Waals surface area contributed by atoms with Gasteiger partial charge in [0.2, 0.25) is 0 Å². The van der Waals surface area contributed by atoms with Crippen LogP contribution in [-0.2, 0) is 21.5 Å². The Labute approximate surface area is 203 Å². The van der Waals surface area contributed by atoms with Crippen LogP contribution in [0.1, 0.15) is 35.7 Å². The summed E-state index contributed by atoms with van der Waals surface area (Å²) >= 11 is 1.77. The summed E-state index contributed by atoms with van der Waals surface area (Å²) in [5, 5.41) is 11.1. The Morgan fingerprint density at radius 3 is 2.24 bits per heavy atom. The molecule has 0 aromatic carbocycles. The zero-order chi connectivity index (χ0) is 25.9. The van der Waals surface area contributed by atoms with Crippen molar-refractivity contribution in [1.82, 2.24) is 9.97 Å². The first-order valence-electron chi connectivity index (χ1n) is 9.45. The molecule has 0 saturated heterocycles. The maximum absolute atomic E-state index is 13.9. The van der Waals surface area contributed by atoms with Gasteiger partial charge in [0.05, 0.1) is 26.6 Å². The lowest BCUT2D eigenvalue weighted by Gasteiger charge is -2.36. The maximum Gasteiger partial charge on any atom is 0.432 e. The lowest BCUT2D eigenvalue weighted by atomic mass is 9.95. The number of hydrogen-bond donors (Lipinski definition) is 0. The van der Waals surface area contributed by atoms with Crippen molar-refractivity contribution in [2.75, 3.05) is 13.9 Å². The lowest BCUT2D eigenvalue weighted by Crippen LogP contribution is -2.56. The van der Waals surface area contributed by atoms with E-state index in [9.17, 15) is 36.2 Å². The Balaban J connectivity index is 2.69. The smallest absolute Gasteiger partial charge is 0.432 e. The van der Waals surface area contributed by atoms with Gasteiger partial charge in [-0.25, -0.2) is 0 Å². The number of aromatic carboxylic acids is 1. The average Bonchev–Trinajstić information content (AvgIpc) is 2.69. The van der Waals surface area contributed by atoms with Gasteiger partial charge in [-0.1, -0.05) is 13.8 Å². The van der Waals surface area contributed by atoms with Crippen molar-refractivity contribution in [3.63, 3.8) is 0 Å². The molecule has 0 aliphatic heterocycles. The summed E-state index contributed by atoms with van der Waals surface area (Å²) in [6.45, 7) is 2.04. The monoisotopic (exact) mass is 607 g/mol. The summed E-state index contributed by atoms with van der Waals surface area (Å²) in [6.07, 6.45) is -10.8. The molecule has 0 atom stereocenters. The fraction of sp³-hybridized carbons (Fsp3) is 0.450. The van der Waals surface area contributed by atoms with Crippen LogP contribution in [0.15, 0.2) is 24.4 Å². The predicted octanol–water partition coefficient (Wildman–Crippen LogP) is 4.38. The van der Waals surface area contributed by atoms with E-state index in [1.807, 2.05) is 0 Å². The molecule has 2 heterocycles. The number of rotatable bonds is 9. The van der Waals surface area contributed by atoms with Gasteiger partial charge in [-0.05, 0) is 47.1 Å². The van der Waals surface area contributed by atoms with Crippen molar-refractivity contribution in [1.29, 1.82) is 0 Å². The molecule has 34 heavy (non-hydrogen) atoms. The van der Waals surface area contributed by atoms with E-state index in [-0.39, 0.29) is 29.5 Å². The second kappa shape index (κ2) is 10.6. The van der Waals surface area contributed by atoms with Crippen LogP contribution in [0.4, 0.5) is 26.3 Å². The molecule has 0 radical (unpaired) electrons. The minimum Gasteiger partial charge on any atom is -0.543 e. The second-order valence-corrected chi connectivity index (χ2v) is 8.52. The Hall–Kier alpha value is -2.20. The van der Waals surface area contributed by atoms with Gasteiger partial charge in [-0.15, -0.1) is 0 Å². The third-order valence-electron chi connectivity index (χ3n) is 4.34. The van der Waals surface area contributed by atoms with Gasteiger partial charge in [0.15, 0.2) is 0 Å². The van der Waals surface area contributed by atoms with E-state index in [0.717, 1.165) is 25.4 Å². The summed E-state index contributed by atoms with van der Waals surface area (Å²) in [5.74, 6) is -2.07. The number of nitrogens with zero attached hydrogens (tertiary/aromatic N) is 2. The molecule has 0 N–H and O–H groups in total. The molecular weight excluding hydrogens is 589 g/mol. The first-order chi connectivity index (χ1) is 15.6. The molecule has 0 bridgehead atoms. The van der Waals surface area contributed by atoms with Gasteiger partial charge in [-0.3, -0.25) is 9.97 Å². The summed E-state index contributed by atoms with van der Waals surface area (Å²) in [7, 11) is 0.878. The van der Waals surface area contributed by atoms with Crippen LogP contribution < -0.4 is 9.84 Å². The SMILES string of the molecule is COCOC(c1ccc(Oc2cc(C(=O)[O-])ncc2I)c(CC(C)C)n1)(C(F)(F)F)C(F)(F)F. The number of hydrogen-bond acceptors (Lipinski definition) is 7. The van der Waals surface area contributed by atoms with E-state index in [2.05, 4.69) is 19.4 Å². The van der Waals surface area contributed by atoms with Crippen molar-refractivity contribution in [3.8, 4) is 11.5 Å². The van der Waals surface area contributed by atoms with Crippen molar-refractivity contribution in [2.45, 2.75) is 38.2 Å². The fourth-order valence-electron chi connectivity index (χ4n) is 2.88. The van der Waals surface area contributed by atoms with E-state index in [4.69, 9.17) is 4.74 Å². The predicted molar refractivity (Wildman–Crippen MR) is 111 cm³/mol. The summed E-state index contributed by atoms with van der Waals surface area (Å²) < 4.78 is 97.6. The van der Waals surface area contributed by atoms with Crippen molar-refractivity contribution in [3.05, 3.63) is 45.0 Å². The van der Waals surface area contributed by atoms with Crippen LogP contribution in [0.3, 0.4) is 0 Å². The van der Waals surface area contributed by atoms with Gasteiger partial charge in [-0.2, -0.15) is 26.3 Å². The number of pyridine rings is 2. The molecule has 0 aliphatic rings. The largest absolute Gasteiger partial charge is 0.543 e. The average molecular weight is 607 g/mol. The fourth-order valence-corrected chi connectivity index (χ4v) is 3.28. The van der Waals surface area contributed by atoms with Gasteiger partial charge >= 0.3 is 18.0 Å². The first-order valence-corrected chi connectivity index (χ1v) is 10.5. The first kappa shape index (κ1) is 28.0. The Bertz CT molecular complexity index is 1020. The second-order valence-electron chi connectivity index (χ2n) is 7.36. The number of carboxylic acids is 1. The van der Waals surface area contributed by atoms with Gasteiger partial charge < -0.3 is 24.1 Å². The maximum atomic E-state index is 13.9. The number of methoxy groups -OCH3 is 1. The zero-order valence-electron chi connectivity index (χ0n) is 17.9. The van der Waals surface area contributed by atoms with Crippen LogP contribution in [-0.4, -0.2) is 42.2 Å². The molecule has 2 aromatic rings. The van der Waals surface area contributed by atoms with E-state index >= 15 is 0 Å². The topological polar surface area (TPSA) is 93.6 Å². The highest BCUT2D eigenvalue weighted by Gasteiger charge is 2.74. The van der Waals surface area contributed by atoms with Crippen molar-refractivity contribution in [2.24, 2.45) is 5.92 Å². The molecule has 0 fully saturated rings. The summed E-state index contributed by atoms with van der Waals surface area (Å²) in [4.78, 5) is 18.4. The molecule has 2 aromatic heterocycles. The third kappa shape index (κ3) is 5.89. The molecule has 14 heteroatoms. The standard InChI is InChI=1S/C20H19F6IN2O5/c1-10(2)6-12-14(34-15-7-13(17(30)31)28-8-11(15)27)4-5-16(29-12)18(19(21,22)23,20(24,25)26)33-9-32-3/h4-5,7-8,10H,6,9H2,1-3H3,(H,30,31)/p-1. The minimum absolute atomic E-state index is 0.0529. The molecule has 0 unspecified atom stereocenters. The van der Waals surface area contributed by atoms with Crippen LogP contribution in [0, 0.1) is 9.49 Å². The van der Waals surface area contributed by atoms with Crippen LogP contribution >= 0.6 is 22.6 Å². The van der Waals surface area contributed by atoms with Crippen LogP contribution in [0.25, 0.3) is 0 Å². The highest BCUT2D eigenvalue weighted by molar-refractivity contribution is 14.1. The zero-order valence-corrected chi connectivity index (χ0v) is 20.0. The van der Waals surface area contributed by atoms with E-state index < -0.39 is 42.1 Å². The van der Waals surface area contributed by atoms with Crippen molar-refractivity contribution >= 4 is 28.6 Å². The molecule has 7 nitrogen and oxygen atoms in total. The Morgan fingerprint density at radius 1 is 1.12 bits per heavy atom. The molecule has 0 saturated carbocycles. The lowest BCUT2D eigenvalue weighted by molar-refractivity contribution is -0.401. The molecule has 0 aliphatic carbocycles. The Kier molecular flexibility index (Phi) is 8.74. The summed E-state index contributed by atoms with van der Waals surface area (Å²) in [5.41, 5.74) is -6.92. The van der Waals surface area contributed by atoms with E-state index in [1.165, 1.54) is 0 Å². The quantitative estimate of drug-likeness (QED) is 0.238. The van der Waals surface area contributed by atoms with E-state index in [0.29, 0.717) is 9.64 Å². The highest BCUT2D eigenvalue weighted by Crippen LogP contribution is 2.52. The number of carboxylic acid groups (broad SMARTS) is 1. The Morgan fingerprint density at radius 2 is 1.74 bits per heavy atom. The van der Waals surface area contributed by atoms with E-state index in [1.54, 1.807) is 36.4 Å². The van der Waals surface area contributed by atoms with Crippen LogP contribution in [0.5, 0.6) is 11.5 Å². The molecule has 0 spiro atoms. The minimum atomic E-state index is -5.93. The number of ether oxygens (including phenoxy) is 3. The van der Waals surface area contributed by atoms with Gasteiger partial charge in [0.25, 0.3) is 0 Å². The number of alkyl halides is 6. The summed E-state index contributed by atoms with van der Waals surface area (Å²) in [6, 6.07) is 2.39. The normalized spacial score (nSPS) is 12.8. The number of halogens is 7.